The van der Waals surface area contributed by atoms with Crippen molar-refractivity contribution >= 4 is 28.5 Å². The fraction of sp³-hybridized carbons (Fsp3) is 0.409. The van der Waals surface area contributed by atoms with E-state index in [-0.39, 0.29) is 17.9 Å². The molecule has 0 spiro atoms. The summed E-state index contributed by atoms with van der Waals surface area (Å²) in [6.45, 7) is 12.2. The lowest BCUT2D eigenvalue weighted by atomic mass is 9.98. The number of nitrogens with zero attached hydrogens (tertiary/aromatic N) is 4. The highest BCUT2D eigenvalue weighted by Crippen LogP contribution is 2.32. The summed E-state index contributed by atoms with van der Waals surface area (Å²) in [5.74, 6) is -0.479. The van der Waals surface area contributed by atoms with Crippen LogP contribution >= 0.6 is 0 Å². The van der Waals surface area contributed by atoms with Gasteiger partial charge in [-0.25, -0.2) is 9.67 Å². The van der Waals surface area contributed by atoms with Crippen molar-refractivity contribution in [3.8, 4) is 11.1 Å². The third-order valence-corrected chi connectivity index (χ3v) is 11.6. The van der Waals surface area contributed by atoms with E-state index < -0.39 is 0 Å². The monoisotopic (exact) mass is 740 g/mol. The summed E-state index contributed by atoms with van der Waals surface area (Å²) in [5, 5.41) is 19.1. The van der Waals surface area contributed by atoms with Crippen LogP contribution in [0.2, 0.25) is 0 Å². The normalized spacial score (nSPS) is 18.5. The van der Waals surface area contributed by atoms with Crippen LogP contribution in [0.5, 0.6) is 0 Å². The fourth-order valence-corrected chi connectivity index (χ4v) is 8.42. The standard InChI is InChI=1S/C44H52N8O3/c1-4-40-38(41(49-35-14-16-55-17-15-35)39-25-48-52(5-2)42(39)50-40)24-47-44(54)33-11-7-10-32(20-33)43(53)46-22-34-19-31(13-12-28(34)3)30-9-6-8-29(18-30)26-51-27-36-21-37(51)23-45-36/h6-13,18-20,25,35-37,45H,4-5,14-17,21-24,26-27H2,1-3H3,(H,46,53)(H,47,54)(H,49,50)/t36-,37+/m0/s1. The molecule has 3 saturated heterocycles. The maximum absolute atomic E-state index is 13.6. The molecule has 11 nitrogen and oxygen atoms in total. The molecule has 286 valence electrons. The summed E-state index contributed by atoms with van der Waals surface area (Å²) < 4.78 is 7.52. The van der Waals surface area contributed by atoms with Crippen LogP contribution in [-0.4, -0.2) is 75.9 Å². The van der Waals surface area contributed by atoms with Gasteiger partial charge in [0.15, 0.2) is 5.65 Å². The zero-order valence-electron chi connectivity index (χ0n) is 32.2. The van der Waals surface area contributed by atoms with E-state index in [4.69, 9.17) is 9.72 Å². The lowest BCUT2D eigenvalue weighted by Gasteiger charge is -2.27. The van der Waals surface area contributed by atoms with Crippen LogP contribution in [0.1, 0.15) is 81.8 Å². The number of benzene rings is 3. The Bertz CT molecular complexity index is 2190. The Kier molecular flexibility index (Phi) is 10.9. The number of carbonyl (C=O) groups excluding carboxylic acids is 2. The van der Waals surface area contributed by atoms with E-state index in [9.17, 15) is 9.59 Å². The van der Waals surface area contributed by atoms with Gasteiger partial charge >= 0.3 is 0 Å². The summed E-state index contributed by atoms with van der Waals surface area (Å²) >= 11 is 0. The van der Waals surface area contributed by atoms with E-state index in [1.54, 1.807) is 24.3 Å². The van der Waals surface area contributed by atoms with Gasteiger partial charge in [0, 0.05) is 93.0 Å². The number of rotatable bonds is 13. The first-order valence-corrected chi connectivity index (χ1v) is 19.9. The minimum absolute atomic E-state index is 0.227. The molecule has 4 N–H and O–H groups in total. The molecule has 0 radical (unpaired) electrons. The molecule has 3 aromatic carbocycles. The highest BCUT2D eigenvalue weighted by molar-refractivity contribution is 6.00. The van der Waals surface area contributed by atoms with Gasteiger partial charge in [0.25, 0.3) is 11.8 Å². The number of fused-ring (bicyclic) bond motifs is 3. The number of piperazine rings is 1. The lowest BCUT2D eigenvalue weighted by Crippen LogP contribution is -2.42. The lowest BCUT2D eigenvalue weighted by molar-refractivity contribution is 0.0904. The number of pyridine rings is 1. The molecule has 0 saturated carbocycles. The number of carbonyl (C=O) groups is 2. The Hall–Kier alpha value is -5.10. The van der Waals surface area contributed by atoms with E-state index in [1.807, 2.05) is 10.9 Å². The zero-order chi connectivity index (χ0) is 37.9. The first-order chi connectivity index (χ1) is 26.9. The van der Waals surface area contributed by atoms with Crippen LogP contribution < -0.4 is 21.3 Å². The Labute approximate surface area is 323 Å². The van der Waals surface area contributed by atoms with Crippen LogP contribution in [-0.2, 0) is 37.3 Å². The predicted octanol–water partition coefficient (Wildman–Crippen LogP) is 5.99. The molecule has 3 fully saturated rings. The van der Waals surface area contributed by atoms with Crippen molar-refractivity contribution in [1.29, 1.82) is 0 Å². The maximum Gasteiger partial charge on any atom is 0.251 e. The third kappa shape index (κ3) is 8.01. The number of hydrogen-bond acceptors (Lipinski definition) is 8. The SMILES string of the molecule is CCc1nc2c(cnn2CC)c(NC2CCOCC2)c1CNC(=O)c1cccc(C(=O)NCc2cc(-c3cccc(CN4C[C@@H]5C[C@@H]4CN5)c3)ccc2C)c1. The van der Waals surface area contributed by atoms with Gasteiger partial charge in [-0.05, 0) is 97.7 Å². The Morgan fingerprint density at radius 3 is 2.42 bits per heavy atom. The predicted molar refractivity (Wildman–Crippen MR) is 216 cm³/mol. The summed E-state index contributed by atoms with van der Waals surface area (Å²) in [6, 6.07) is 23.7. The van der Waals surface area contributed by atoms with Crippen LogP contribution in [0.25, 0.3) is 22.2 Å². The van der Waals surface area contributed by atoms with Crippen molar-refractivity contribution in [2.45, 2.75) is 90.8 Å². The molecule has 55 heavy (non-hydrogen) atoms. The zero-order valence-corrected chi connectivity index (χ0v) is 32.2. The largest absolute Gasteiger partial charge is 0.381 e. The number of hydrogen-bond donors (Lipinski definition) is 4. The second-order valence-electron chi connectivity index (χ2n) is 15.2. The fourth-order valence-electron chi connectivity index (χ4n) is 8.42. The average molecular weight is 741 g/mol. The number of aromatic nitrogens is 3. The number of aryl methyl sites for hydroxylation is 3. The molecule has 0 unspecified atom stereocenters. The minimum atomic E-state index is -0.252. The van der Waals surface area contributed by atoms with Gasteiger partial charge in [-0.3, -0.25) is 14.5 Å². The topological polar surface area (TPSA) is 125 Å². The van der Waals surface area contributed by atoms with Crippen LogP contribution in [0.3, 0.4) is 0 Å². The summed E-state index contributed by atoms with van der Waals surface area (Å²) in [7, 11) is 0. The van der Waals surface area contributed by atoms with Gasteiger partial charge in [0.2, 0.25) is 0 Å². The quantitative estimate of drug-likeness (QED) is 0.116. The first kappa shape index (κ1) is 36.9. The molecule has 3 aliphatic rings. The van der Waals surface area contributed by atoms with Crippen LogP contribution in [0, 0.1) is 6.92 Å². The highest BCUT2D eigenvalue weighted by Gasteiger charge is 2.37. The van der Waals surface area contributed by atoms with Gasteiger partial charge in [-0.1, -0.05) is 43.3 Å². The van der Waals surface area contributed by atoms with Crippen LogP contribution in [0.15, 0.2) is 72.9 Å². The molecule has 0 aliphatic carbocycles. The van der Waals surface area contributed by atoms with Crippen molar-refractivity contribution in [1.82, 2.24) is 35.6 Å². The molecule has 3 aliphatic heterocycles. The molecule has 2 amide bonds. The summed E-state index contributed by atoms with van der Waals surface area (Å²) in [6.07, 6.45) is 5.64. The van der Waals surface area contributed by atoms with Gasteiger partial charge in [0.1, 0.15) is 0 Å². The third-order valence-electron chi connectivity index (χ3n) is 11.6. The Morgan fingerprint density at radius 1 is 0.927 bits per heavy atom. The number of ether oxygens (including phenoxy) is 1. The molecular weight excluding hydrogens is 689 g/mol. The van der Waals surface area contributed by atoms with Gasteiger partial charge in [0.05, 0.1) is 17.3 Å². The first-order valence-electron chi connectivity index (χ1n) is 19.9. The highest BCUT2D eigenvalue weighted by atomic mass is 16.5. The van der Waals surface area contributed by atoms with Crippen molar-refractivity contribution in [3.05, 3.63) is 112 Å². The van der Waals surface area contributed by atoms with E-state index in [0.29, 0.717) is 42.7 Å². The smallest absolute Gasteiger partial charge is 0.251 e. The second-order valence-corrected chi connectivity index (χ2v) is 15.2. The molecular formula is C44H52N8O3. The van der Waals surface area contributed by atoms with E-state index in [1.165, 1.54) is 17.5 Å². The minimum Gasteiger partial charge on any atom is -0.381 e. The number of nitrogens with one attached hydrogen (secondary N) is 4. The number of amides is 2. The van der Waals surface area contributed by atoms with Gasteiger partial charge < -0.3 is 26.0 Å². The Balaban J connectivity index is 0.934. The molecule has 5 aromatic rings. The molecule has 8 rings (SSSR count). The van der Waals surface area contributed by atoms with Crippen molar-refractivity contribution in [2.24, 2.45) is 0 Å². The van der Waals surface area contributed by atoms with E-state index >= 15 is 0 Å². The molecule has 11 heteroatoms. The van der Waals surface area contributed by atoms with Crippen molar-refractivity contribution in [2.75, 3.05) is 31.6 Å². The van der Waals surface area contributed by atoms with Gasteiger partial charge in [-0.15, -0.1) is 0 Å². The number of anilines is 1. The second kappa shape index (κ2) is 16.3. The molecule has 2 bridgehead atoms. The summed E-state index contributed by atoms with van der Waals surface area (Å²) in [5.41, 5.74) is 10.4. The Morgan fingerprint density at radius 2 is 1.69 bits per heavy atom. The van der Waals surface area contributed by atoms with E-state index in [0.717, 1.165) is 96.9 Å². The van der Waals surface area contributed by atoms with Gasteiger partial charge in [-0.2, -0.15) is 5.10 Å². The maximum atomic E-state index is 13.6. The molecule has 2 atom stereocenters. The van der Waals surface area contributed by atoms with Crippen molar-refractivity contribution in [3.63, 3.8) is 0 Å². The van der Waals surface area contributed by atoms with Crippen molar-refractivity contribution < 1.29 is 14.3 Å². The summed E-state index contributed by atoms with van der Waals surface area (Å²) in [4.78, 5) is 34.7. The van der Waals surface area contributed by atoms with Crippen LogP contribution in [0.4, 0.5) is 5.69 Å². The number of likely N-dealkylation sites (tertiary alicyclic amines) is 1. The van der Waals surface area contributed by atoms with E-state index in [2.05, 4.69) is 94.5 Å². The molecule has 5 heterocycles. The molecule has 2 aromatic heterocycles. The average Bonchev–Trinajstić information content (AvgIpc) is 3.97.